The maximum atomic E-state index is 5.13. The van der Waals surface area contributed by atoms with Crippen molar-refractivity contribution in [2.45, 2.75) is 79.1 Å². The number of aromatic nitrogens is 2. The van der Waals surface area contributed by atoms with E-state index in [1.165, 1.54) is 33.3 Å². The van der Waals surface area contributed by atoms with Gasteiger partial charge in [0.2, 0.25) is 0 Å². The van der Waals surface area contributed by atoms with Gasteiger partial charge in [0.1, 0.15) is 0 Å². The Morgan fingerprint density at radius 3 is 1.31 bits per heavy atom. The molecule has 1 aromatic carbocycles. The first-order valence-corrected chi connectivity index (χ1v) is 10.5. The fourth-order valence-electron chi connectivity index (χ4n) is 3.91. The first kappa shape index (κ1) is 18.8. The second kappa shape index (κ2) is 8.62. The molecule has 3 aromatic rings. The molecule has 2 heterocycles. The van der Waals surface area contributed by atoms with Gasteiger partial charge < -0.3 is 0 Å². The minimum atomic E-state index is 1.05. The number of nitrogens with zero attached hydrogens (tertiary/aromatic N) is 2. The summed E-state index contributed by atoms with van der Waals surface area (Å²) in [6.07, 6.45) is 8.92. The van der Waals surface area contributed by atoms with Gasteiger partial charge in [0, 0.05) is 22.2 Å². The number of hydrogen-bond acceptors (Lipinski definition) is 2. The molecule has 0 N–H and O–H groups in total. The quantitative estimate of drug-likeness (QED) is 0.429. The third kappa shape index (κ3) is 3.75. The van der Waals surface area contributed by atoms with E-state index in [0.29, 0.717) is 0 Å². The van der Waals surface area contributed by atoms with Gasteiger partial charge in [0.15, 0.2) is 0 Å². The van der Waals surface area contributed by atoms with E-state index in [0.717, 1.165) is 62.4 Å². The number of pyridine rings is 2. The molecule has 3 rings (SSSR count). The summed E-state index contributed by atoms with van der Waals surface area (Å²) in [5.74, 6) is 0. The van der Waals surface area contributed by atoms with E-state index in [-0.39, 0.29) is 0 Å². The largest absolute Gasteiger partial charge is 0.250 e. The molecule has 0 aliphatic rings. The topological polar surface area (TPSA) is 25.8 Å². The van der Waals surface area contributed by atoms with Crippen LogP contribution in [-0.4, -0.2) is 9.97 Å². The van der Waals surface area contributed by atoms with Crippen LogP contribution in [0.1, 0.15) is 75.9 Å². The van der Waals surface area contributed by atoms with Crippen molar-refractivity contribution in [2.75, 3.05) is 0 Å². The Morgan fingerprint density at radius 2 is 0.962 bits per heavy atom. The second-order valence-corrected chi connectivity index (χ2v) is 7.40. The third-order valence-corrected chi connectivity index (χ3v) is 5.12. The molecule has 0 radical (unpaired) electrons. The fourth-order valence-corrected chi connectivity index (χ4v) is 3.91. The molecule has 2 nitrogen and oxygen atoms in total. The van der Waals surface area contributed by atoms with Crippen molar-refractivity contribution in [3.63, 3.8) is 0 Å². The van der Waals surface area contributed by atoms with Crippen LogP contribution in [0.5, 0.6) is 0 Å². The fraction of sp³-hybridized carbons (Fsp3) is 0.500. The molecule has 0 saturated carbocycles. The summed E-state index contributed by atoms with van der Waals surface area (Å²) in [7, 11) is 0. The van der Waals surface area contributed by atoms with Gasteiger partial charge in [-0.05, 0) is 48.9 Å². The van der Waals surface area contributed by atoms with Gasteiger partial charge in [-0.15, -0.1) is 0 Å². The van der Waals surface area contributed by atoms with E-state index in [2.05, 4.69) is 52.0 Å². The number of aryl methyl sites for hydroxylation is 4. The highest BCUT2D eigenvalue weighted by Crippen LogP contribution is 2.28. The van der Waals surface area contributed by atoms with Crippen LogP contribution in [0.2, 0.25) is 0 Å². The Hall–Kier alpha value is -1.96. The lowest BCUT2D eigenvalue weighted by Gasteiger charge is -2.13. The lowest BCUT2D eigenvalue weighted by atomic mass is 9.99. The standard InChI is InChI=1S/C24H32N2/c1-5-9-17-15-19-13-14-20-16-18(10-6-2)22(12-8-4)26-24(20)23(19)25-21(17)11-7-3/h13-16H,5-12H2,1-4H3. The number of fused-ring (bicyclic) bond motifs is 3. The summed E-state index contributed by atoms with van der Waals surface area (Å²) in [6, 6.07) is 9.18. The predicted octanol–water partition coefficient (Wildman–Crippen LogP) is 6.59. The van der Waals surface area contributed by atoms with Gasteiger partial charge >= 0.3 is 0 Å². The van der Waals surface area contributed by atoms with Crippen LogP contribution in [0.4, 0.5) is 0 Å². The SMILES string of the molecule is CCCc1cc2ccc3cc(CCC)c(CCC)nc3c2nc1CCC. The molecule has 0 aliphatic heterocycles. The van der Waals surface area contributed by atoms with Crippen LogP contribution in [-0.2, 0) is 25.7 Å². The summed E-state index contributed by atoms with van der Waals surface area (Å²) < 4.78 is 0. The molecule has 0 aliphatic carbocycles. The van der Waals surface area contributed by atoms with Crippen molar-refractivity contribution in [2.24, 2.45) is 0 Å². The maximum absolute atomic E-state index is 5.13. The van der Waals surface area contributed by atoms with E-state index in [1.54, 1.807) is 0 Å². The van der Waals surface area contributed by atoms with Crippen molar-refractivity contribution in [3.05, 3.63) is 46.8 Å². The van der Waals surface area contributed by atoms with Crippen LogP contribution in [0.3, 0.4) is 0 Å². The van der Waals surface area contributed by atoms with Gasteiger partial charge in [0.25, 0.3) is 0 Å². The zero-order valence-electron chi connectivity index (χ0n) is 16.9. The van der Waals surface area contributed by atoms with Crippen molar-refractivity contribution in [1.29, 1.82) is 0 Å². The molecule has 0 unspecified atom stereocenters. The smallest absolute Gasteiger partial charge is 0.0968 e. The summed E-state index contributed by atoms with van der Waals surface area (Å²) in [5.41, 5.74) is 7.55. The lowest BCUT2D eigenvalue weighted by molar-refractivity contribution is 0.832. The molecular weight excluding hydrogens is 316 g/mol. The van der Waals surface area contributed by atoms with Crippen molar-refractivity contribution in [1.82, 2.24) is 9.97 Å². The van der Waals surface area contributed by atoms with Crippen LogP contribution in [0, 0.1) is 0 Å². The molecule has 0 amide bonds. The van der Waals surface area contributed by atoms with Gasteiger partial charge in [-0.1, -0.05) is 65.5 Å². The Morgan fingerprint density at radius 1 is 0.577 bits per heavy atom. The monoisotopic (exact) mass is 348 g/mol. The summed E-state index contributed by atoms with van der Waals surface area (Å²) in [4.78, 5) is 10.3. The average molecular weight is 349 g/mol. The van der Waals surface area contributed by atoms with Gasteiger partial charge in [-0.2, -0.15) is 0 Å². The first-order chi connectivity index (χ1) is 12.7. The summed E-state index contributed by atoms with van der Waals surface area (Å²) >= 11 is 0. The van der Waals surface area contributed by atoms with E-state index < -0.39 is 0 Å². The van der Waals surface area contributed by atoms with E-state index >= 15 is 0 Å². The molecular formula is C24H32N2. The van der Waals surface area contributed by atoms with Gasteiger partial charge in [-0.3, -0.25) is 9.97 Å². The highest BCUT2D eigenvalue weighted by molar-refractivity contribution is 6.03. The van der Waals surface area contributed by atoms with Gasteiger partial charge in [0.05, 0.1) is 11.0 Å². The summed E-state index contributed by atoms with van der Waals surface area (Å²) in [5, 5.41) is 2.47. The Labute approximate surface area is 158 Å². The van der Waals surface area contributed by atoms with Crippen LogP contribution in [0.25, 0.3) is 21.8 Å². The Kier molecular flexibility index (Phi) is 6.24. The highest BCUT2D eigenvalue weighted by Gasteiger charge is 2.12. The van der Waals surface area contributed by atoms with Crippen LogP contribution < -0.4 is 0 Å². The van der Waals surface area contributed by atoms with Crippen molar-refractivity contribution < 1.29 is 0 Å². The maximum Gasteiger partial charge on any atom is 0.0968 e. The van der Waals surface area contributed by atoms with Crippen molar-refractivity contribution >= 4 is 21.8 Å². The molecule has 138 valence electrons. The molecule has 2 heteroatoms. The molecule has 0 saturated heterocycles. The average Bonchev–Trinajstić information content (AvgIpc) is 2.64. The number of benzene rings is 1. The molecule has 0 spiro atoms. The Bertz CT molecular complexity index is 821. The van der Waals surface area contributed by atoms with Crippen molar-refractivity contribution in [3.8, 4) is 0 Å². The second-order valence-electron chi connectivity index (χ2n) is 7.40. The van der Waals surface area contributed by atoms with E-state index in [1.807, 2.05) is 0 Å². The van der Waals surface area contributed by atoms with E-state index in [9.17, 15) is 0 Å². The Balaban J connectivity index is 2.25. The normalized spacial score (nSPS) is 11.5. The zero-order valence-corrected chi connectivity index (χ0v) is 16.9. The minimum absolute atomic E-state index is 1.05. The van der Waals surface area contributed by atoms with Crippen LogP contribution >= 0.6 is 0 Å². The minimum Gasteiger partial charge on any atom is -0.250 e. The van der Waals surface area contributed by atoms with Crippen LogP contribution in [0.15, 0.2) is 24.3 Å². The molecule has 0 fully saturated rings. The first-order valence-electron chi connectivity index (χ1n) is 10.5. The lowest BCUT2D eigenvalue weighted by Crippen LogP contribution is -2.02. The molecule has 0 atom stereocenters. The number of hydrogen-bond donors (Lipinski definition) is 0. The molecule has 0 bridgehead atoms. The number of rotatable bonds is 8. The van der Waals surface area contributed by atoms with Gasteiger partial charge in [-0.25, -0.2) is 0 Å². The molecule has 26 heavy (non-hydrogen) atoms. The third-order valence-electron chi connectivity index (χ3n) is 5.12. The molecule has 2 aromatic heterocycles. The van der Waals surface area contributed by atoms with E-state index in [4.69, 9.17) is 9.97 Å². The zero-order chi connectivity index (χ0) is 18.5. The predicted molar refractivity (Wildman–Crippen MR) is 113 cm³/mol. The summed E-state index contributed by atoms with van der Waals surface area (Å²) in [6.45, 7) is 8.96. The highest BCUT2D eigenvalue weighted by atomic mass is 14.8.